The summed E-state index contributed by atoms with van der Waals surface area (Å²) in [6, 6.07) is 4.76. The van der Waals surface area contributed by atoms with Crippen molar-refractivity contribution in [1.82, 2.24) is 5.06 Å². The topological polar surface area (TPSA) is 38.8 Å². The minimum Gasteiger partial charge on any atom is -0.459 e. The van der Waals surface area contributed by atoms with Crippen molar-refractivity contribution in [3.63, 3.8) is 0 Å². The number of hydrogen-bond donors (Lipinski definition) is 0. The molecule has 1 atom stereocenters. The number of esters is 1. The standard InChI is InChI=1S/C21H25Cl2NO3/c1-24-21(15-3-12-2-13(5-15)6-16(21)4-12)10-19(27-24)11-26-20(25)14-7-17(22)9-18(23)8-14/h7-9,12-13,15-16,19H,2-6,10-11H2,1H3/t12?,13?,15?,16?,19-,21?/m1/s1. The molecule has 4 bridgehead atoms. The molecule has 0 amide bonds. The zero-order chi connectivity index (χ0) is 18.8. The monoisotopic (exact) mass is 409 g/mol. The molecule has 0 N–H and O–H groups in total. The Morgan fingerprint density at radius 1 is 1.11 bits per heavy atom. The van der Waals surface area contributed by atoms with Crippen LogP contribution in [0.15, 0.2) is 18.2 Å². The molecule has 1 spiro atoms. The van der Waals surface area contributed by atoms with E-state index in [1.165, 1.54) is 32.1 Å². The number of nitrogens with zero attached hydrogens (tertiary/aromatic N) is 1. The van der Waals surface area contributed by atoms with Gasteiger partial charge in [0.15, 0.2) is 0 Å². The van der Waals surface area contributed by atoms with Crippen LogP contribution in [0.25, 0.3) is 0 Å². The first kappa shape index (κ1) is 18.2. The van der Waals surface area contributed by atoms with E-state index in [1.807, 2.05) is 0 Å². The molecule has 0 aromatic heterocycles. The summed E-state index contributed by atoms with van der Waals surface area (Å²) in [7, 11) is 2.08. The summed E-state index contributed by atoms with van der Waals surface area (Å²) >= 11 is 12.0. The predicted octanol–water partition coefficient (Wildman–Crippen LogP) is 4.98. The summed E-state index contributed by atoms with van der Waals surface area (Å²) in [5, 5.41) is 2.99. The molecule has 6 rings (SSSR count). The molecule has 5 aliphatic rings. The van der Waals surface area contributed by atoms with Crippen LogP contribution in [0.1, 0.15) is 48.9 Å². The molecule has 1 aromatic carbocycles. The molecule has 4 saturated carbocycles. The van der Waals surface area contributed by atoms with Crippen LogP contribution < -0.4 is 0 Å². The lowest BCUT2D eigenvalue weighted by molar-refractivity contribution is -0.230. The van der Waals surface area contributed by atoms with Gasteiger partial charge < -0.3 is 4.74 Å². The lowest BCUT2D eigenvalue weighted by Crippen LogP contribution is -2.62. The van der Waals surface area contributed by atoms with Gasteiger partial charge in [-0.25, -0.2) is 4.79 Å². The average molecular weight is 410 g/mol. The number of carbonyl (C=O) groups excluding carboxylic acids is 1. The molecule has 1 saturated heterocycles. The number of benzene rings is 1. The fourth-order valence-corrected chi connectivity index (χ4v) is 7.24. The van der Waals surface area contributed by atoms with Crippen molar-refractivity contribution in [3.8, 4) is 0 Å². The predicted molar refractivity (Wildman–Crippen MR) is 104 cm³/mol. The van der Waals surface area contributed by atoms with Gasteiger partial charge in [-0.1, -0.05) is 23.2 Å². The largest absolute Gasteiger partial charge is 0.459 e. The van der Waals surface area contributed by atoms with Crippen molar-refractivity contribution < 1.29 is 14.4 Å². The molecule has 5 fully saturated rings. The van der Waals surface area contributed by atoms with Gasteiger partial charge in [-0.15, -0.1) is 0 Å². The van der Waals surface area contributed by atoms with E-state index in [4.69, 9.17) is 32.8 Å². The number of rotatable bonds is 3. The van der Waals surface area contributed by atoms with Crippen molar-refractivity contribution in [2.75, 3.05) is 13.7 Å². The third-order valence-corrected chi connectivity index (χ3v) is 7.94. The number of hydroxylamine groups is 2. The second kappa shape index (κ2) is 6.62. The van der Waals surface area contributed by atoms with E-state index in [2.05, 4.69) is 12.1 Å². The Kier molecular flexibility index (Phi) is 4.47. The third kappa shape index (κ3) is 3.00. The quantitative estimate of drug-likeness (QED) is 0.659. The molecule has 1 aromatic rings. The van der Waals surface area contributed by atoms with Crippen LogP contribution in [0.3, 0.4) is 0 Å². The van der Waals surface area contributed by atoms with Crippen LogP contribution >= 0.6 is 23.2 Å². The SMILES string of the molecule is CN1O[C@@H](COC(=O)c2cc(Cl)cc(Cl)c2)CC12C1CC3CC(C1)CC2C3. The minimum atomic E-state index is -0.406. The third-order valence-electron chi connectivity index (χ3n) is 7.50. The van der Waals surface area contributed by atoms with E-state index in [0.29, 0.717) is 15.6 Å². The van der Waals surface area contributed by atoms with Gasteiger partial charge >= 0.3 is 5.97 Å². The summed E-state index contributed by atoms with van der Waals surface area (Å²) in [6.07, 6.45) is 7.69. The first-order valence-electron chi connectivity index (χ1n) is 9.98. The van der Waals surface area contributed by atoms with E-state index < -0.39 is 5.97 Å². The molecule has 1 aliphatic heterocycles. The molecule has 146 valence electrons. The van der Waals surface area contributed by atoms with E-state index in [1.54, 1.807) is 18.2 Å². The van der Waals surface area contributed by atoms with Crippen molar-refractivity contribution in [2.45, 2.75) is 50.2 Å². The highest BCUT2D eigenvalue weighted by Gasteiger charge is 2.62. The van der Waals surface area contributed by atoms with Crippen molar-refractivity contribution in [1.29, 1.82) is 0 Å². The summed E-state index contributed by atoms with van der Waals surface area (Å²) in [6.45, 7) is 0.265. The van der Waals surface area contributed by atoms with Gasteiger partial charge in [0.1, 0.15) is 12.7 Å². The van der Waals surface area contributed by atoms with E-state index in [0.717, 1.165) is 30.1 Å². The van der Waals surface area contributed by atoms with Crippen molar-refractivity contribution >= 4 is 29.2 Å². The van der Waals surface area contributed by atoms with Gasteiger partial charge in [0, 0.05) is 23.5 Å². The number of ether oxygens (including phenoxy) is 1. The van der Waals surface area contributed by atoms with Crippen LogP contribution in [-0.4, -0.2) is 36.3 Å². The van der Waals surface area contributed by atoms with Crippen LogP contribution in [0.2, 0.25) is 10.0 Å². The molecule has 0 radical (unpaired) electrons. The number of hydrogen-bond acceptors (Lipinski definition) is 4. The van der Waals surface area contributed by atoms with Gasteiger partial charge in [-0.05, 0) is 74.0 Å². The molecule has 27 heavy (non-hydrogen) atoms. The Bertz CT molecular complexity index is 720. The van der Waals surface area contributed by atoms with E-state index in [-0.39, 0.29) is 18.2 Å². The summed E-state index contributed by atoms with van der Waals surface area (Å²) < 4.78 is 5.55. The zero-order valence-electron chi connectivity index (χ0n) is 15.5. The zero-order valence-corrected chi connectivity index (χ0v) is 17.0. The Morgan fingerprint density at radius 3 is 2.30 bits per heavy atom. The lowest BCUT2D eigenvalue weighted by Gasteiger charge is -2.61. The van der Waals surface area contributed by atoms with Gasteiger partial charge in [-0.3, -0.25) is 4.84 Å². The maximum absolute atomic E-state index is 12.4. The first-order valence-corrected chi connectivity index (χ1v) is 10.7. The Hall–Kier alpha value is -0.810. The molecule has 1 heterocycles. The van der Waals surface area contributed by atoms with E-state index >= 15 is 0 Å². The van der Waals surface area contributed by atoms with Gasteiger partial charge in [0.05, 0.1) is 11.1 Å². The fourth-order valence-electron chi connectivity index (χ4n) is 6.71. The summed E-state index contributed by atoms with van der Waals surface area (Å²) in [5.41, 5.74) is 0.521. The molecular weight excluding hydrogens is 385 g/mol. The minimum absolute atomic E-state index is 0.0777. The highest BCUT2D eigenvalue weighted by Crippen LogP contribution is 2.62. The smallest absolute Gasteiger partial charge is 0.338 e. The second-order valence-electron chi connectivity index (χ2n) is 8.98. The number of halogens is 2. The molecule has 4 nitrogen and oxygen atoms in total. The molecular formula is C21H25Cl2NO3. The average Bonchev–Trinajstić information content (AvgIpc) is 2.93. The Labute approximate surface area is 170 Å². The molecule has 4 aliphatic carbocycles. The lowest BCUT2D eigenvalue weighted by atomic mass is 9.47. The summed E-state index contributed by atoms with van der Waals surface area (Å²) in [4.78, 5) is 18.6. The first-order chi connectivity index (χ1) is 12.9. The highest BCUT2D eigenvalue weighted by molar-refractivity contribution is 6.35. The van der Waals surface area contributed by atoms with Crippen LogP contribution in [-0.2, 0) is 9.57 Å². The van der Waals surface area contributed by atoms with Crippen LogP contribution in [0.4, 0.5) is 0 Å². The summed E-state index contributed by atoms with van der Waals surface area (Å²) in [5.74, 6) is 2.90. The maximum atomic E-state index is 12.4. The maximum Gasteiger partial charge on any atom is 0.338 e. The normalized spacial score (nSPS) is 40.0. The second-order valence-corrected chi connectivity index (χ2v) is 9.85. The Balaban J connectivity index is 1.26. The highest BCUT2D eigenvalue weighted by atomic mass is 35.5. The van der Waals surface area contributed by atoms with Gasteiger partial charge in [0.25, 0.3) is 0 Å². The fraction of sp³-hybridized carbons (Fsp3) is 0.667. The van der Waals surface area contributed by atoms with Crippen molar-refractivity contribution in [2.24, 2.45) is 23.7 Å². The van der Waals surface area contributed by atoms with Crippen LogP contribution in [0.5, 0.6) is 0 Å². The van der Waals surface area contributed by atoms with Gasteiger partial charge in [-0.2, -0.15) is 5.06 Å². The van der Waals surface area contributed by atoms with Gasteiger partial charge in [0.2, 0.25) is 0 Å². The molecule has 0 unspecified atom stereocenters. The van der Waals surface area contributed by atoms with Crippen molar-refractivity contribution in [3.05, 3.63) is 33.8 Å². The van der Waals surface area contributed by atoms with Crippen LogP contribution in [0, 0.1) is 23.7 Å². The number of carbonyl (C=O) groups is 1. The molecule has 6 heteroatoms. The Morgan fingerprint density at radius 2 is 1.70 bits per heavy atom. The van der Waals surface area contributed by atoms with E-state index in [9.17, 15) is 4.79 Å².